The Labute approximate surface area is 142 Å². The summed E-state index contributed by atoms with van der Waals surface area (Å²) < 4.78 is 5.72. The zero-order valence-electron chi connectivity index (χ0n) is 14.9. The van der Waals surface area contributed by atoms with Crippen molar-refractivity contribution < 1.29 is 9.52 Å². The number of rotatable bonds is 1. The van der Waals surface area contributed by atoms with Gasteiger partial charge in [0.15, 0.2) is 0 Å². The van der Waals surface area contributed by atoms with Crippen molar-refractivity contribution in [1.82, 2.24) is 0 Å². The van der Waals surface area contributed by atoms with Crippen LogP contribution in [0.3, 0.4) is 0 Å². The maximum Gasteiger partial charge on any atom is 0.341 e. The lowest BCUT2D eigenvalue weighted by atomic mass is 9.69. The minimum Gasteiger partial charge on any atom is -0.422 e. The maximum absolute atomic E-state index is 12.2. The van der Waals surface area contributed by atoms with Gasteiger partial charge in [0, 0.05) is 29.7 Å². The molecule has 4 rings (SSSR count). The Morgan fingerprint density at radius 1 is 1.12 bits per heavy atom. The van der Waals surface area contributed by atoms with Crippen LogP contribution in [0.5, 0.6) is 0 Å². The van der Waals surface area contributed by atoms with E-state index in [0.717, 1.165) is 36.9 Å². The Morgan fingerprint density at radius 3 is 2.46 bits per heavy atom. The average molecular weight is 327 g/mol. The smallest absolute Gasteiger partial charge is 0.341 e. The highest BCUT2D eigenvalue weighted by molar-refractivity contribution is 5.90. The number of anilines is 1. The summed E-state index contributed by atoms with van der Waals surface area (Å²) in [4.78, 5) is 14.7. The predicted octanol–water partition coefficient (Wildman–Crippen LogP) is 3.45. The van der Waals surface area contributed by atoms with E-state index in [9.17, 15) is 9.90 Å². The van der Waals surface area contributed by atoms with Gasteiger partial charge in [-0.2, -0.15) is 0 Å². The second-order valence-corrected chi connectivity index (χ2v) is 8.54. The molecule has 4 nitrogen and oxygen atoms in total. The molecule has 0 fully saturated rings. The Kier molecular flexibility index (Phi) is 3.17. The van der Waals surface area contributed by atoms with Crippen LogP contribution >= 0.6 is 0 Å². The average Bonchev–Trinajstić information content (AvgIpc) is 2.51. The van der Waals surface area contributed by atoms with Gasteiger partial charge in [0.05, 0.1) is 12.2 Å². The molecule has 1 aromatic heterocycles. The van der Waals surface area contributed by atoms with Gasteiger partial charge in [-0.15, -0.1) is 0 Å². The van der Waals surface area contributed by atoms with Crippen LogP contribution in [0.4, 0.5) is 5.69 Å². The molecule has 3 heterocycles. The molecule has 2 aliphatic heterocycles. The molecule has 2 aliphatic rings. The molecule has 0 aliphatic carbocycles. The van der Waals surface area contributed by atoms with Crippen molar-refractivity contribution in [2.75, 3.05) is 18.0 Å². The fourth-order valence-electron chi connectivity index (χ4n) is 4.30. The van der Waals surface area contributed by atoms with E-state index in [1.807, 2.05) is 0 Å². The topological polar surface area (TPSA) is 53.7 Å². The summed E-state index contributed by atoms with van der Waals surface area (Å²) in [5, 5.41) is 10.4. The van der Waals surface area contributed by atoms with Crippen LogP contribution in [0.15, 0.2) is 21.3 Å². The van der Waals surface area contributed by atoms with Gasteiger partial charge in [0.25, 0.3) is 0 Å². The largest absolute Gasteiger partial charge is 0.422 e. The first-order chi connectivity index (χ1) is 11.2. The lowest BCUT2D eigenvalue weighted by Crippen LogP contribution is -2.44. The molecule has 1 aromatic carbocycles. The first kappa shape index (κ1) is 15.7. The first-order valence-corrected chi connectivity index (χ1v) is 8.75. The van der Waals surface area contributed by atoms with Gasteiger partial charge in [0.2, 0.25) is 0 Å². The van der Waals surface area contributed by atoms with Gasteiger partial charge in [0.1, 0.15) is 5.58 Å². The summed E-state index contributed by atoms with van der Waals surface area (Å²) >= 11 is 0. The van der Waals surface area contributed by atoms with Gasteiger partial charge in [-0.1, -0.05) is 27.7 Å². The van der Waals surface area contributed by atoms with Crippen molar-refractivity contribution in [1.29, 1.82) is 0 Å². The number of fused-ring (bicyclic) bond motifs is 2. The van der Waals surface area contributed by atoms with Crippen molar-refractivity contribution in [3.8, 4) is 0 Å². The van der Waals surface area contributed by atoms with Gasteiger partial charge < -0.3 is 14.4 Å². The van der Waals surface area contributed by atoms with Crippen LogP contribution in [-0.2, 0) is 17.4 Å². The van der Waals surface area contributed by atoms with Crippen LogP contribution in [0.25, 0.3) is 11.0 Å². The van der Waals surface area contributed by atoms with Crippen molar-refractivity contribution >= 4 is 16.7 Å². The van der Waals surface area contributed by atoms with E-state index in [4.69, 9.17) is 4.42 Å². The minimum absolute atomic E-state index is 0.0375. The van der Waals surface area contributed by atoms with E-state index < -0.39 is 5.63 Å². The quantitative estimate of drug-likeness (QED) is 0.815. The third-order valence-electron chi connectivity index (χ3n) is 5.97. The van der Waals surface area contributed by atoms with Gasteiger partial charge in [-0.25, -0.2) is 4.79 Å². The van der Waals surface area contributed by atoms with Crippen molar-refractivity contribution in [2.24, 2.45) is 0 Å². The summed E-state index contributed by atoms with van der Waals surface area (Å²) in [6, 6.07) is 3.97. The molecule has 128 valence electrons. The number of hydrogen-bond donors (Lipinski definition) is 1. The number of nitrogens with zero attached hydrogens (tertiary/aromatic N) is 1. The number of aliphatic hydroxyl groups is 1. The standard InChI is InChI=1S/C20H25NO3/c1-19(2)5-7-21-8-6-20(3,4)15-16(21)14(19)10-12-9-13(11-22)18(23)24-17(12)15/h9-10,22H,5-8,11H2,1-4H3. The lowest BCUT2D eigenvalue weighted by Gasteiger charge is -2.48. The fraction of sp³-hybridized carbons (Fsp3) is 0.550. The zero-order valence-corrected chi connectivity index (χ0v) is 14.9. The second-order valence-electron chi connectivity index (χ2n) is 8.54. The molecule has 24 heavy (non-hydrogen) atoms. The SMILES string of the molecule is CC1(C)CCN2CCC(C)(C)c3c2c1cc1cc(CO)c(=O)oc31. The molecule has 0 saturated carbocycles. The van der Waals surface area contributed by atoms with Crippen LogP contribution in [0.1, 0.15) is 57.2 Å². The van der Waals surface area contributed by atoms with Gasteiger partial charge in [-0.05, 0) is 41.4 Å². The van der Waals surface area contributed by atoms with E-state index in [1.54, 1.807) is 6.07 Å². The minimum atomic E-state index is -0.427. The number of benzene rings is 1. The van der Waals surface area contributed by atoms with E-state index >= 15 is 0 Å². The van der Waals surface area contributed by atoms with E-state index in [-0.39, 0.29) is 17.4 Å². The molecule has 0 amide bonds. The monoisotopic (exact) mass is 327 g/mol. The molecular weight excluding hydrogens is 302 g/mol. The second kappa shape index (κ2) is 4.85. The third kappa shape index (κ3) is 2.05. The third-order valence-corrected chi connectivity index (χ3v) is 5.97. The highest BCUT2D eigenvalue weighted by Crippen LogP contribution is 2.51. The number of aliphatic hydroxyl groups excluding tert-OH is 1. The van der Waals surface area contributed by atoms with Crippen molar-refractivity contribution in [2.45, 2.75) is 58.0 Å². The highest BCUT2D eigenvalue weighted by atomic mass is 16.4. The van der Waals surface area contributed by atoms with Crippen LogP contribution < -0.4 is 10.5 Å². The van der Waals surface area contributed by atoms with E-state index in [0.29, 0.717) is 11.1 Å². The predicted molar refractivity (Wildman–Crippen MR) is 95.9 cm³/mol. The fourth-order valence-corrected chi connectivity index (χ4v) is 4.30. The van der Waals surface area contributed by atoms with Crippen molar-refractivity contribution in [3.63, 3.8) is 0 Å². The summed E-state index contributed by atoms with van der Waals surface area (Å²) in [7, 11) is 0. The summed E-state index contributed by atoms with van der Waals surface area (Å²) in [5.74, 6) is 0. The molecule has 2 aromatic rings. The van der Waals surface area contributed by atoms with Crippen LogP contribution in [0, 0.1) is 0 Å². The molecule has 0 atom stereocenters. The molecule has 0 radical (unpaired) electrons. The van der Waals surface area contributed by atoms with Gasteiger partial charge in [-0.3, -0.25) is 0 Å². The molecule has 0 bridgehead atoms. The lowest BCUT2D eigenvalue weighted by molar-refractivity contribution is 0.276. The zero-order chi connectivity index (χ0) is 17.3. The molecule has 0 spiro atoms. The maximum atomic E-state index is 12.2. The van der Waals surface area contributed by atoms with E-state index in [2.05, 4.69) is 38.7 Å². The molecule has 4 heteroatoms. The van der Waals surface area contributed by atoms with E-state index in [1.165, 1.54) is 11.3 Å². The Morgan fingerprint density at radius 2 is 1.79 bits per heavy atom. The number of hydrogen-bond acceptors (Lipinski definition) is 4. The molecule has 0 unspecified atom stereocenters. The Hall–Kier alpha value is -1.81. The van der Waals surface area contributed by atoms with Crippen LogP contribution in [-0.4, -0.2) is 18.2 Å². The molecule has 0 saturated heterocycles. The Balaban J connectivity index is 2.18. The van der Waals surface area contributed by atoms with Crippen LogP contribution in [0.2, 0.25) is 0 Å². The first-order valence-electron chi connectivity index (χ1n) is 8.75. The normalized spacial score (nSPS) is 21.0. The summed E-state index contributed by atoms with van der Waals surface area (Å²) in [6.45, 7) is 10.9. The van der Waals surface area contributed by atoms with Gasteiger partial charge >= 0.3 is 5.63 Å². The summed E-state index contributed by atoms with van der Waals surface area (Å²) in [6.07, 6.45) is 2.17. The van der Waals surface area contributed by atoms with Crippen molar-refractivity contribution in [3.05, 3.63) is 39.2 Å². The highest BCUT2D eigenvalue weighted by Gasteiger charge is 2.41. The molecule has 1 N–H and O–H groups in total. The summed E-state index contributed by atoms with van der Waals surface area (Å²) in [5.41, 5.74) is 4.43. The molecular formula is C20H25NO3. The Bertz CT molecular complexity index is 890.